The lowest BCUT2D eigenvalue weighted by atomic mass is 9.49. The Labute approximate surface area is 115 Å². The van der Waals surface area contributed by atoms with Crippen LogP contribution in [0.5, 0.6) is 0 Å². The highest BCUT2D eigenvalue weighted by Gasteiger charge is 2.56. The van der Waals surface area contributed by atoms with Gasteiger partial charge in [0.25, 0.3) is 0 Å². The molecular formula is C16H25NO2. The number of nitrogens with zero attached hydrogens (tertiary/aromatic N) is 1. The second-order valence-electron chi connectivity index (χ2n) is 7.68. The first kappa shape index (κ1) is 12.2. The van der Waals surface area contributed by atoms with Crippen LogP contribution in [0.25, 0.3) is 0 Å². The van der Waals surface area contributed by atoms with Gasteiger partial charge in [-0.1, -0.05) is 0 Å². The van der Waals surface area contributed by atoms with Crippen LogP contribution in [-0.4, -0.2) is 35.1 Å². The molecule has 5 aliphatic rings. The zero-order chi connectivity index (χ0) is 13.0. The van der Waals surface area contributed by atoms with Crippen LogP contribution in [0.4, 0.5) is 0 Å². The fourth-order valence-electron chi connectivity index (χ4n) is 5.97. The highest BCUT2D eigenvalue weighted by atomic mass is 16.3. The first-order chi connectivity index (χ1) is 9.20. The van der Waals surface area contributed by atoms with Crippen LogP contribution in [0.2, 0.25) is 0 Å². The summed E-state index contributed by atoms with van der Waals surface area (Å²) in [4.78, 5) is 15.1. The molecule has 0 spiro atoms. The molecule has 0 unspecified atom stereocenters. The molecule has 106 valence electrons. The van der Waals surface area contributed by atoms with Crippen LogP contribution in [0.1, 0.15) is 51.4 Å². The van der Waals surface area contributed by atoms with Crippen molar-refractivity contribution in [2.45, 2.75) is 57.4 Å². The van der Waals surface area contributed by atoms with Crippen molar-refractivity contribution in [3.8, 4) is 0 Å². The minimum absolute atomic E-state index is 0.0213. The number of aliphatic hydroxyl groups excluding tert-OH is 1. The van der Waals surface area contributed by atoms with E-state index in [-0.39, 0.29) is 18.1 Å². The van der Waals surface area contributed by atoms with E-state index >= 15 is 0 Å². The van der Waals surface area contributed by atoms with E-state index in [1.807, 2.05) is 4.90 Å². The summed E-state index contributed by atoms with van der Waals surface area (Å²) in [5, 5.41) is 9.47. The van der Waals surface area contributed by atoms with E-state index in [9.17, 15) is 9.90 Å². The molecular weight excluding hydrogens is 238 g/mol. The quantitative estimate of drug-likeness (QED) is 0.829. The van der Waals surface area contributed by atoms with Crippen molar-refractivity contribution in [3.05, 3.63) is 0 Å². The van der Waals surface area contributed by atoms with Crippen LogP contribution in [0, 0.1) is 23.2 Å². The second-order valence-corrected chi connectivity index (χ2v) is 7.68. The molecule has 1 amide bonds. The molecule has 3 heteroatoms. The van der Waals surface area contributed by atoms with Crippen molar-refractivity contribution >= 4 is 5.91 Å². The van der Waals surface area contributed by atoms with Crippen molar-refractivity contribution in [2.24, 2.45) is 23.2 Å². The Bertz CT molecular complexity index is 357. The van der Waals surface area contributed by atoms with E-state index in [1.165, 1.54) is 19.3 Å². The number of likely N-dealkylation sites (tertiary alicyclic amines) is 1. The highest BCUT2D eigenvalue weighted by molar-refractivity contribution is 5.84. The fraction of sp³-hybridized carbons (Fsp3) is 0.938. The van der Waals surface area contributed by atoms with E-state index < -0.39 is 0 Å². The Morgan fingerprint density at radius 2 is 1.68 bits per heavy atom. The number of hydrogen-bond acceptors (Lipinski definition) is 2. The summed E-state index contributed by atoms with van der Waals surface area (Å²) in [6.45, 7) is 1.03. The van der Waals surface area contributed by atoms with Gasteiger partial charge < -0.3 is 10.0 Å². The number of rotatable bonds is 2. The zero-order valence-electron chi connectivity index (χ0n) is 11.7. The van der Waals surface area contributed by atoms with E-state index in [4.69, 9.17) is 0 Å². The summed E-state index contributed by atoms with van der Waals surface area (Å²) in [6.07, 6.45) is 9.66. The smallest absolute Gasteiger partial charge is 0.229 e. The standard InChI is InChI=1S/C16H25NO2/c18-10-14-2-1-3-17(14)15(19)16-7-11-4-12(8-16)6-13(5-11)9-16/h11-14,18H,1-10H2/t11?,12?,13?,14-,16?/m0/s1. The van der Waals surface area contributed by atoms with Gasteiger partial charge in [-0.2, -0.15) is 0 Å². The molecule has 1 atom stereocenters. The minimum Gasteiger partial charge on any atom is -0.394 e. The normalized spacial score (nSPS) is 47.9. The van der Waals surface area contributed by atoms with Crippen LogP contribution in [-0.2, 0) is 4.79 Å². The maximum absolute atomic E-state index is 13.1. The molecule has 0 aromatic carbocycles. The Kier molecular flexibility index (Phi) is 2.70. The first-order valence-corrected chi connectivity index (χ1v) is 8.12. The topological polar surface area (TPSA) is 40.5 Å². The van der Waals surface area contributed by atoms with Gasteiger partial charge in [-0.3, -0.25) is 4.79 Å². The molecule has 0 radical (unpaired) electrons. The number of carbonyl (C=O) groups excluding carboxylic acids is 1. The molecule has 0 aromatic heterocycles. The average Bonchev–Trinajstić information content (AvgIpc) is 2.84. The predicted molar refractivity (Wildman–Crippen MR) is 72.4 cm³/mol. The van der Waals surface area contributed by atoms with Gasteiger partial charge in [0, 0.05) is 6.54 Å². The van der Waals surface area contributed by atoms with Gasteiger partial charge in [-0.25, -0.2) is 0 Å². The number of hydrogen-bond donors (Lipinski definition) is 1. The molecule has 4 bridgehead atoms. The summed E-state index contributed by atoms with van der Waals surface area (Å²) < 4.78 is 0. The fourth-order valence-corrected chi connectivity index (χ4v) is 5.97. The Morgan fingerprint density at radius 1 is 1.11 bits per heavy atom. The number of aliphatic hydroxyl groups is 1. The van der Waals surface area contributed by atoms with Crippen LogP contribution in [0.15, 0.2) is 0 Å². The van der Waals surface area contributed by atoms with Gasteiger partial charge in [-0.15, -0.1) is 0 Å². The van der Waals surface area contributed by atoms with E-state index in [0.717, 1.165) is 56.4 Å². The van der Waals surface area contributed by atoms with Crippen LogP contribution < -0.4 is 0 Å². The van der Waals surface area contributed by atoms with Crippen molar-refractivity contribution < 1.29 is 9.90 Å². The number of amides is 1. The molecule has 4 saturated carbocycles. The summed E-state index contributed by atoms with van der Waals surface area (Å²) in [5.74, 6) is 2.88. The minimum atomic E-state index is -0.0213. The average molecular weight is 263 g/mol. The molecule has 1 saturated heterocycles. The van der Waals surface area contributed by atoms with Crippen LogP contribution in [0.3, 0.4) is 0 Å². The molecule has 4 aliphatic carbocycles. The van der Waals surface area contributed by atoms with E-state index in [2.05, 4.69) is 0 Å². The lowest BCUT2D eigenvalue weighted by molar-refractivity contribution is -0.159. The summed E-state index contributed by atoms with van der Waals surface area (Å²) in [5.41, 5.74) is -0.0213. The Balaban J connectivity index is 1.59. The van der Waals surface area contributed by atoms with Crippen LogP contribution >= 0.6 is 0 Å². The van der Waals surface area contributed by atoms with Gasteiger partial charge in [0.05, 0.1) is 18.1 Å². The van der Waals surface area contributed by atoms with Crippen molar-refractivity contribution in [3.63, 3.8) is 0 Å². The molecule has 1 heterocycles. The maximum atomic E-state index is 13.1. The van der Waals surface area contributed by atoms with Gasteiger partial charge in [0.2, 0.25) is 5.91 Å². The second kappa shape index (κ2) is 4.21. The molecule has 5 rings (SSSR count). The number of carbonyl (C=O) groups is 1. The maximum Gasteiger partial charge on any atom is 0.229 e. The van der Waals surface area contributed by atoms with Gasteiger partial charge in [0.15, 0.2) is 0 Å². The van der Waals surface area contributed by atoms with Crippen molar-refractivity contribution in [1.82, 2.24) is 4.90 Å². The summed E-state index contributed by atoms with van der Waals surface area (Å²) >= 11 is 0. The first-order valence-electron chi connectivity index (χ1n) is 8.12. The third-order valence-corrected chi connectivity index (χ3v) is 6.34. The molecule has 3 nitrogen and oxygen atoms in total. The third-order valence-electron chi connectivity index (χ3n) is 6.34. The van der Waals surface area contributed by atoms with Gasteiger partial charge in [-0.05, 0) is 69.1 Å². The van der Waals surface area contributed by atoms with Gasteiger partial charge in [0.1, 0.15) is 0 Å². The summed E-state index contributed by atoms with van der Waals surface area (Å²) in [6, 6.07) is 0.112. The molecule has 1 aliphatic heterocycles. The van der Waals surface area contributed by atoms with Crippen molar-refractivity contribution in [1.29, 1.82) is 0 Å². The molecule has 19 heavy (non-hydrogen) atoms. The third kappa shape index (κ3) is 1.77. The summed E-state index contributed by atoms with van der Waals surface area (Å²) in [7, 11) is 0. The predicted octanol–water partition coefficient (Wildman–Crippen LogP) is 2.19. The monoisotopic (exact) mass is 263 g/mol. The van der Waals surface area contributed by atoms with E-state index in [1.54, 1.807) is 0 Å². The highest BCUT2D eigenvalue weighted by Crippen LogP contribution is 2.60. The largest absolute Gasteiger partial charge is 0.394 e. The SMILES string of the molecule is O=C(N1CCC[C@H]1CO)C12CC3CC(CC(C3)C1)C2. The van der Waals surface area contributed by atoms with E-state index in [0.29, 0.717) is 5.91 Å². The van der Waals surface area contributed by atoms with Gasteiger partial charge >= 0.3 is 0 Å². The lowest BCUT2D eigenvalue weighted by Crippen LogP contribution is -2.55. The Hall–Kier alpha value is -0.570. The zero-order valence-corrected chi connectivity index (χ0v) is 11.7. The molecule has 5 fully saturated rings. The molecule has 1 N–H and O–H groups in total. The Morgan fingerprint density at radius 3 is 2.21 bits per heavy atom. The van der Waals surface area contributed by atoms with Crippen molar-refractivity contribution in [2.75, 3.05) is 13.2 Å². The molecule has 0 aromatic rings. The lowest BCUT2D eigenvalue weighted by Gasteiger charge is -2.56.